The van der Waals surface area contributed by atoms with Gasteiger partial charge in [0.05, 0.1) is 11.7 Å². The summed E-state index contributed by atoms with van der Waals surface area (Å²) >= 11 is 0. The van der Waals surface area contributed by atoms with Crippen LogP contribution in [0.15, 0.2) is 6.20 Å². The van der Waals surface area contributed by atoms with Gasteiger partial charge in [0.25, 0.3) is 12.3 Å². The summed E-state index contributed by atoms with van der Waals surface area (Å²) < 4.78 is 65.1. The summed E-state index contributed by atoms with van der Waals surface area (Å²) in [4.78, 5) is 35.3. The van der Waals surface area contributed by atoms with Crippen LogP contribution in [0.4, 0.5) is 22.0 Å². The summed E-state index contributed by atoms with van der Waals surface area (Å²) in [6.45, 7) is 0.784. The molecule has 0 bridgehead atoms. The number of carbonyl (C=O) groups is 3. The molecule has 2 amide bonds. The van der Waals surface area contributed by atoms with E-state index in [4.69, 9.17) is 14.6 Å². The van der Waals surface area contributed by atoms with Crippen molar-refractivity contribution in [3.05, 3.63) is 17.5 Å². The molecule has 4 rings (SSSR count). The van der Waals surface area contributed by atoms with Gasteiger partial charge in [0.1, 0.15) is 11.8 Å². The van der Waals surface area contributed by atoms with Gasteiger partial charge in [0.15, 0.2) is 0 Å². The molecular formula is C19H23F5N4O5. The second-order valence-electron chi connectivity index (χ2n) is 8.19. The standard InChI is InChI=1S/C17H22F2N4O3.C2HF3O2/c1-22-7-11(14(21-22)15(18)19)17(25)23-5-4-9-6-12(26-13(9)8-23)16(24)20-10-2-3-10;3-2(4,5)1(6)7/h7,9-10,12-13,15H,2-6,8H2,1H3,(H,20,24);(H,6,7)/t9-,12?,13-;/m0./s1. The fraction of sp³-hybridized carbons (Fsp3) is 0.684. The average molecular weight is 482 g/mol. The molecule has 184 valence electrons. The van der Waals surface area contributed by atoms with Gasteiger partial charge < -0.3 is 20.1 Å². The Balaban J connectivity index is 0.000000383. The number of aromatic nitrogens is 2. The highest BCUT2D eigenvalue weighted by Crippen LogP contribution is 2.35. The second-order valence-corrected chi connectivity index (χ2v) is 8.19. The van der Waals surface area contributed by atoms with Crippen molar-refractivity contribution < 1.29 is 46.2 Å². The Morgan fingerprint density at radius 2 is 1.88 bits per heavy atom. The number of piperidine rings is 1. The summed E-state index contributed by atoms with van der Waals surface area (Å²) in [5.74, 6) is -3.07. The molecule has 1 unspecified atom stereocenters. The highest BCUT2D eigenvalue weighted by molar-refractivity contribution is 5.95. The number of hydrogen-bond donors (Lipinski definition) is 2. The number of carbonyl (C=O) groups excluding carboxylic acids is 2. The lowest BCUT2D eigenvalue weighted by Crippen LogP contribution is -2.45. The number of aryl methyl sites for hydroxylation is 1. The Morgan fingerprint density at radius 3 is 2.42 bits per heavy atom. The van der Waals surface area contributed by atoms with Crippen molar-refractivity contribution in [2.24, 2.45) is 13.0 Å². The minimum atomic E-state index is -5.08. The van der Waals surface area contributed by atoms with E-state index in [1.54, 1.807) is 0 Å². The number of nitrogens with zero attached hydrogens (tertiary/aromatic N) is 3. The van der Waals surface area contributed by atoms with Gasteiger partial charge in [-0.1, -0.05) is 0 Å². The molecule has 2 saturated heterocycles. The van der Waals surface area contributed by atoms with Gasteiger partial charge in [0, 0.05) is 32.4 Å². The second kappa shape index (κ2) is 9.61. The molecule has 33 heavy (non-hydrogen) atoms. The van der Waals surface area contributed by atoms with Crippen molar-refractivity contribution in [2.45, 2.75) is 56.5 Å². The molecule has 2 aliphatic heterocycles. The van der Waals surface area contributed by atoms with Crippen molar-refractivity contribution in [2.75, 3.05) is 13.1 Å². The van der Waals surface area contributed by atoms with Crippen LogP contribution in [-0.2, 0) is 21.4 Å². The van der Waals surface area contributed by atoms with Crippen LogP contribution < -0.4 is 5.32 Å². The van der Waals surface area contributed by atoms with E-state index in [1.807, 2.05) is 0 Å². The number of nitrogens with one attached hydrogen (secondary N) is 1. The maximum Gasteiger partial charge on any atom is 0.490 e. The monoisotopic (exact) mass is 482 g/mol. The number of hydrogen-bond acceptors (Lipinski definition) is 5. The van der Waals surface area contributed by atoms with Crippen LogP contribution in [0.2, 0.25) is 0 Å². The van der Waals surface area contributed by atoms with Crippen LogP contribution in [0.5, 0.6) is 0 Å². The Hall–Kier alpha value is -2.77. The zero-order valence-electron chi connectivity index (χ0n) is 17.5. The van der Waals surface area contributed by atoms with Gasteiger partial charge in [-0.15, -0.1) is 0 Å². The molecule has 1 aromatic heterocycles. The van der Waals surface area contributed by atoms with E-state index in [0.717, 1.165) is 12.8 Å². The third-order valence-corrected chi connectivity index (χ3v) is 5.59. The van der Waals surface area contributed by atoms with Crippen LogP contribution in [-0.4, -0.2) is 75.1 Å². The zero-order chi connectivity index (χ0) is 24.5. The van der Waals surface area contributed by atoms with Gasteiger partial charge in [-0.3, -0.25) is 14.3 Å². The number of ether oxygens (including phenoxy) is 1. The summed E-state index contributed by atoms with van der Waals surface area (Å²) in [5.41, 5.74) is -0.560. The highest BCUT2D eigenvalue weighted by Gasteiger charge is 2.44. The number of carboxylic acids is 1. The topological polar surface area (TPSA) is 114 Å². The molecule has 0 radical (unpaired) electrons. The van der Waals surface area contributed by atoms with E-state index in [-0.39, 0.29) is 29.5 Å². The fourth-order valence-corrected chi connectivity index (χ4v) is 3.81. The first kappa shape index (κ1) is 24.9. The summed E-state index contributed by atoms with van der Waals surface area (Å²) in [6, 6.07) is 0.283. The molecule has 1 aromatic rings. The molecule has 3 atom stereocenters. The molecule has 2 N–H and O–H groups in total. The third kappa shape index (κ3) is 6.18. The van der Waals surface area contributed by atoms with E-state index in [2.05, 4.69) is 10.4 Å². The smallest absolute Gasteiger partial charge is 0.475 e. The van der Waals surface area contributed by atoms with Crippen molar-refractivity contribution in [3.8, 4) is 0 Å². The zero-order valence-corrected chi connectivity index (χ0v) is 17.5. The van der Waals surface area contributed by atoms with Crippen molar-refractivity contribution >= 4 is 17.8 Å². The molecular weight excluding hydrogens is 459 g/mol. The highest BCUT2D eigenvalue weighted by atomic mass is 19.4. The van der Waals surface area contributed by atoms with Crippen molar-refractivity contribution in [1.82, 2.24) is 20.0 Å². The average Bonchev–Trinajstić information content (AvgIpc) is 3.29. The van der Waals surface area contributed by atoms with Gasteiger partial charge in [0.2, 0.25) is 5.91 Å². The number of rotatable bonds is 4. The van der Waals surface area contributed by atoms with E-state index in [1.165, 1.54) is 22.8 Å². The Bertz CT molecular complexity index is 902. The normalized spacial score (nSPS) is 24.7. The molecule has 3 heterocycles. The quantitative estimate of drug-likeness (QED) is 0.634. The number of fused-ring (bicyclic) bond motifs is 1. The lowest BCUT2D eigenvalue weighted by molar-refractivity contribution is -0.192. The molecule has 3 fully saturated rings. The predicted molar refractivity (Wildman–Crippen MR) is 100 cm³/mol. The number of likely N-dealkylation sites (tertiary alicyclic amines) is 1. The Labute approximate surface area is 184 Å². The molecule has 1 aliphatic carbocycles. The van der Waals surface area contributed by atoms with Crippen LogP contribution >= 0.6 is 0 Å². The number of aliphatic carboxylic acids is 1. The minimum Gasteiger partial charge on any atom is -0.475 e. The SMILES string of the molecule is Cn1cc(C(=O)N2CC[C@H]3CC(C(=O)NC4CC4)O[C@H]3C2)c(C(F)F)n1.O=C(O)C(F)(F)F. The molecule has 0 aromatic carbocycles. The van der Waals surface area contributed by atoms with Crippen LogP contribution in [0.1, 0.15) is 48.2 Å². The van der Waals surface area contributed by atoms with Crippen molar-refractivity contribution in [1.29, 1.82) is 0 Å². The maximum absolute atomic E-state index is 13.1. The fourth-order valence-electron chi connectivity index (χ4n) is 3.81. The van der Waals surface area contributed by atoms with Crippen molar-refractivity contribution in [3.63, 3.8) is 0 Å². The van der Waals surface area contributed by atoms with Gasteiger partial charge >= 0.3 is 12.1 Å². The molecule has 0 spiro atoms. The minimum absolute atomic E-state index is 0.0676. The van der Waals surface area contributed by atoms with Gasteiger partial charge in [-0.2, -0.15) is 18.3 Å². The number of halogens is 5. The first-order chi connectivity index (χ1) is 15.4. The summed E-state index contributed by atoms with van der Waals surface area (Å²) in [5, 5.41) is 13.8. The molecule has 9 nitrogen and oxygen atoms in total. The van der Waals surface area contributed by atoms with Crippen LogP contribution in [0, 0.1) is 5.92 Å². The van der Waals surface area contributed by atoms with E-state index in [9.17, 15) is 31.5 Å². The molecule has 1 saturated carbocycles. The lowest BCUT2D eigenvalue weighted by atomic mass is 9.91. The summed E-state index contributed by atoms with van der Waals surface area (Å²) in [6.07, 6.45) is -3.86. The maximum atomic E-state index is 13.1. The lowest BCUT2D eigenvalue weighted by Gasteiger charge is -2.34. The predicted octanol–water partition coefficient (Wildman–Crippen LogP) is 1.89. The Kier molecular flexibility index (Phi) is 7.24. The van der Waals surface area contributed by atoms with Gasteiger partial charge in [-0.05, 0) is 31.6 Å². The third-order valence-electron chi connectivity index (χ3n) is 5.59. The van der Waals surface area contributed by atoms with Crippen LogP contribution in [0.3, 0.4) is 0 Å². The van der Waals surface area contributed by atoms with Crippen LogP contribution in [0.25, 0.3) is 0 Å². The molecule has 14 heteroatoms. The van der Waals surface area contributed by atoms with E-state index >= 15 is 0 Å². The van der Waals surface area contributed by atoms with E-state index < -0.39 is 36.3 Å². The number of alkyl halides is 5. The number of carboxylic acid groups (broad SMARTS) is 1. The molecule has 3 aliphatic rings. The first-order valence-corrected chi connectivity index (χ1v) is 10.2. The number of amides is 2. The first-order valence-electron chi connectivity index (χ1n) is 10.2. The summed E-state index contributed by atoms with van der Waals surface area (Å²) in [7, 11) is 1.51. The van der Waals surface area contributed by atoms with E-state index in [0.29, 0.717) is 25.9 Å². The largest absolute Gasteiger partial charge is 0.490 e. The Morgan fingerprint density at radius 1 is 1.24 bits per heavy atom. The van der Waals surface area contributed by atoms with Gasteiger partial charge in [-0.25, -0.2) is 13.6 Å².